The Morgan fingerprint density at radius 3 is 3.06 bits per heavy atom. The van der Waals surface area contributed by atoms with E-state index >= 15 is 0 Å². The van der Waals surface area contributed by atoms with Crippen LogP contribution in [0.3, 0.4) is 0 Å². The lowest BCUT2D eigenvalue weighted by molar-refractivity contribution is 0.420. The van der Waals surface area contributed by atoms with Crippen LogP contribution in [-0.4, -0.2) is 22.0 Å². The van der Waals surface area contributed by atoms with Gasteiger partial charge in [0.2, 0.25) is 0 Å². The minimum absolute atomic E-state index is 0.332. The number of nitrogens with one attached hydrogen (secondary N) is 1. The molecule has 0 spiro atoms. The van der Waals surface area contributed by atoms with Gasteiger partial charge < -0.3 is 5.32 Å². The van der Waals surface area contributed by atoms with E-state index in [0.717, 1.165) is 6.54 Å². The first kappa shape index (κ1) is 11.9. The van der Waals surface area contributed by atoms with E-state index in [4.69, 9.17) is 0 Å². The Hall–Kier alpha value is -0.540. The molecule has 3 heteroatoms. The summed E-state index contributed by atoms with van der Waals surface area (Å²) in [5.41, 5.74) is 1.32. The highest BCUT2D eigenvalue weighted by Gasteiger charge is 2.38. The first-order valence-corrected chi connectivity index (χ1v) is 7.02. The average molecular weight is 236 g/mol. The van der Waals surface area contributed by atoms with Gasteiger partial charge in [-0.1, -0.05) is 13.0 Å². The summed E-state index contributed by atoms with van der Waals surface area (Å²) in [6.45, 7) is 5.56. The van der Waals surface area contributed by atoms with Crippen LogP contribution in [0.1, 0.15) is 38.3 Å². The van der Waals surface area contributed by atoms with E-state index in [0.29, 0.717) is 10.8 Å². The molecule has 1 aliphatic rings. The van der Waals surface area contributed by atoms with Crippen LogP contribution in [0.4, 0.5) is 0 Å². The largest absolute Gasteiger partial charge is 0.309 e. The van der Waals surface area contributed by atoms with Crippen molar-refractivity contribution in [3.05, 3.63) is 30.1 Å². The van der Waals surface area contributed by atoms with Gasteiger partial charge >= 0.3 is 0 Å². The fourth-order valence-electron chi connectivity index (χ4n) is 2.47. The third-order valence-electron chi connectivity index (χ3n) is 3.29. The van der Waals surface area contributed by atoms with Gasteiger partial charge in [0.25, 0.3) is 0 Å². The van der Waals surface area contributed by atoms with E-state index in [1.165, 1.54) is 24.2 Å². The highest BCUT2D eigenvalue weighted by atomic mass is 32.2. The molecule has 0 aromatic carbocycles. The number of pyridine rings is 1. The van der Waals surface area contributed by atoms with E-state index in [1.54, 1.807) is 0 Å². The molecule has 0 saturated carbocycles. The number of rotatable bonds is 4. The summed E-state index contributed by atoms with van der Waals surface area (Å²) < 4.78 is 0.332. The van der Waals surface area contributed by atoms with Crippen LogP contribution in [0.5, 0.6) is 0 Å². The normalized spacial score (nSPS) is 26.9. The van der Waals surface area contributed by atoms with Crippen LogP contribution >= 0.6 is 11.8 Å². The zero-order valence-electron chi connectivity index (χ0n) is 10.1. The van der Waals surface area contributed by atoms with Crippen molar-refractivity contribution < 1.29 is 0 Å². The molecule has 0 aliphatic carbocycles. The first-order valence-electron chi connectivity index (χ1n) is 6.03. The summed E-state index contributed by atoms with van der Waals surface area (Å²) in [5.74, 6) is 1.29. The van der Waals surface area contributed by atoms with Gasteiger partial charge in [-0.3, -0.25) is 4.98 Å². The molecule has 0 bridgehead atoms. The molecule has 2 nitrogen and oxygen atoms in total. The van der Waals surface area contributed by atoms with Gasteiger partial charge in [-0.05, 0) is 43.7 Å². The second-order valence-electron chi connectivity index (χ2n) is 4.54. The molecule has 2 heterocycles. The SMILES string of the molecule is CCNC(c1cccnc1)C1(C)CCCS1. The number of nitrogens with zero attached hydrogens (tertiary/aromatic N) is 1. The molecule has 2 unspecified atom stereocenters. The van der Waals surface area contributed by atoms with Gasteiger partial charge in [0, 0.05) is 23.2 Å². The Balaban J connectivity index is 2.23. The molecule has 0 radical (unpaired) electrons. The van der Waals surface area contributed by atoms with Crippen molar-refractivity contribution >= 4 is 11.8 Å². The van der Waals surface area contributed by atoms with Crippen molar-refractivity contribution in [2.75, 3.05) is 12.3 Å². The summed E-state index contributed by atoms with van der Waals surface area (Å²) in [5, 5.41) is 3.62. The minimum Gasteiger partial charge on any atom is -0.309 e. The zero-order valence-corrected chi connectivity index (χ0v) is 10.9. The molecular formula is C13H20N2S. The van der Waals surface area contributed by atoms with Crippen LogP contribution in [0.25, 0.3) is 0 Å². The predicted octanol–water partition coefficient (Wildman–Crippen LogP) is 3.02. The smallest absolute Gasteiger partial charge is 0.0481 e. The summed E-state index contributed by atoms with van der Waals surface area (Å²) in [4.78, 5) is 4.24. The number of hydrogen-bond donors (Lipinski definition) is 1. The molecule has 88 valence electrons. The van der Waals surface area contributed by atoms with E-state index in [2.05, 4.69) is 42.0 Å². The molecule has 1 fully saturated rings. The van der Waals surface area contributed by atoms with Gasteiger partial charge in [0.15, 0.2) is 0 Å². The van der Waals surface area contributed by atoms with Crippen molar-refractivity contribution in [2.24, 2.45) is 0 Å². The molecule has 1 aromatic rings. The van der Waals surface area contributed by atoms with Crippen molar-refractivity contribution in [3.8, 4) is 0 Å². The molecule has 1 aromatic heterocycles. The van der Waals surface area contributed by atoms with Gasteiger partial charge in [-0.2, -0.15) is 11.8 Å². The van der Waals surface area contributed by atoms with E-state index in [1.807, 2.05) is 18.5 Å². The molecular weight excluding hydrogens is 216 g/mol. The number of thioether (sulfide) groups is 1. The Morgan fingerprint density at radius 2 is 2.50 bits per heavy atom. The first-order chi connectivity index (χ1) is 7.76. The second kappa shape index (κ2) is 5.19. The fourth-order valence-corrected chi connectivity index (χ4v) is 3.90. The van der Waals surface area contributed by atoms with E-state index in [-0.39, 0.29) is 0 Å². The maximum atomic E-state index is 4.24. The van der Waals surface area contributed by atoms with Crippen LogP contribution in [-0.2, 0) is 0 Å². The molecule has 1 saturated heterocycles. The summed E-state index contributed by atoms with van der Waals surface area (Å²) in [6.07, 6.45) is 6.47. The molecule has 16 heavy (non-hydrogen) atoms. The van der Waals surface area contributed by atoms with Crippen molar-refractivity contribution in [1.82, 2.24) is 10.3 Å². The quantitative estimate of drug-likeness (QED) is 0.870. The maximum absolute atomic E-state index is 4.24. The molecule has 1 N–H and O–H groups in total. The Bertz CT molecular complexity index is 320. The Kier molecular flexibility index (Phi) is 3.87. The summed E-state index contributed by atoms with van der Waals surface area (Å²) in [6, 6.07) is 4.64. The van der Waals surface area contributed by atoms with E-state index < -0.39 is 0 Å². The summed E-state index contributed by atoms with van der Waals surface area (Å²) >= 11 is 2.10. The highest BCUT2D eigenvalue weighted by molar-refractivity contribution is 8.00. The third-order valence-corrected chi connectivity index (χ3v) is 4.88. The van der Waals surface area contributed by atoms with Crippen LogP contribution in [0, 0.1) is 0 Å². The maximum Gasteiger partial charge on any atom is 0.0481 e. The average Bonchev–Trinajstić information content (AvgIpc) is 2.75. The van der Waals surface area contributed by atoms with Gasteiger partial charge in [0.05, 0.1) is 0 Å². The lowest BCUT2D eigenvalue weighted by atomic mass is 9.91. The number of aromatic nitrogens is 1. The van der Waals surface area contributed by atoms with Crippen LogP contribution < -0.4 is 5.32 Å². The van der Waals surface area contributed by atoms with E-state index in [9.17, 15) is 0 Å². The van der Waals surface area contributed by atoms with Gasteiger partial charge in [-0.15, -0.1) is 0 Å². The third kappa shape index (κ3) is 2.41. The van der Waals surface area contributed by atoms with Crippen molar-refractivity contribution in [2.45, 2.75) is 37.5 Å². The molecule has 1 aliphatic heterocycles. The second-order valence-corrected chi connectivity index (χ2v) is 6.17. The molecule has 0 amide bonds. The molecule has 2 rings (SSSR count). The predicted molar refractivity (Wildman–Crippen MR) is 70.8 cm³/mol. The van der Waals surface area contributed by atoms with Crippen LogP contribution in [0.15, 0.2) is 24.5 Å². The fraction of sp³-hybridized carbons (Fsp3) is 0.615. The molecule has 2 atom stereocenters. The lowest BCUT2D eigenvalue weighted by Gasteiger charge is -2.34. The monoisotopic (exact) mass is 236 g/mol. The van der Waals surface area contributed by atoms with Gasteiger partial charge in [0.1, 0.15) is 0 Å². The minimum atomic E-state index is 0.332. The summed E-state index contributed by atoms with van der Waals surface area (Å²) in [7, 11) is 0. The van der Waals surface area contributed by atoms with Crippen LogP contribution in [0.2, 0.25) is 0 Å². The Labute approximate surface area is 102 Å². The number of hydrogen-bond acceptors (Lipinski definition) is 3. The topological polar surface area (TPSA) is 24.9 Å². The lowest BCUT2D eigenvalue weighted by Crippen LogP contribution is -2.37. The zero-order chi connectivity index (χ0) is 11.4. The van der Waals surface area contributed by atoms with Crippen molar-refractivity contribution in [3.63, 3.8) is 0 Å². The Morgan fingerprint density at radius 1 is 1.62 bits per heavy atom. The van der Waals surface area contributed by atoms with Crippen molar-refractivity contribution in [1.29, 1.82) is 0 Å². The highest BCUT2D eigenvalue weighted by Crippen LogP contribution is 2.46. The van der Waals surface area contributed by atoms with Gasteiger partial charge in [-0.25, -0.2) is 0 Å². The standard InChI is InChI=1S/C13H20N2S/c1-3-15-12(11-6-4-8-14-10-11)13(2)7-5-9-16-13/h4,6,8,10,12,15H,3,5,7,9H2,1-2H3.